The molecule has 0 bridgehead atoms. The van der Waals surface area contributed by atoms with Gasteiger partial charge in [0, 0.05) is 71.6 Å². The van der Waals surface area contributed by atoms with Crippen molar-refractivity contribution < 1.29 is 34.0 Å². The molecule has 0 spiro atoms. The Hall–Kier alpha value is -6.87. The minimum atomic E-state index is -0.292. The van der Waals surface area contributed by atoms with Crippen molar-refractivity contribution in [3.05, 3.63) is 202 Å². The third-order valence-corrected chi connectivity index (χ3v) is 11.1. The van der Waals surface area contributed by atoms with Gasteiger partial charge >= 0.3 is 20.1 Å². The molecule has 0 saturated heterocycles. The molecule has 6 aromatic carbocycles. The fourth-order valence-electron chi connectivity index (χ4n) is 8.60. The quantitative estimate of drug-likeness (QED) is 0.142. The van der Waals surface area contributed by atoms with Gasteiger partial charge in [-0.05, 0) is 95.7 Å². The number of halogens is 1. The normalized spacial score (nSPS) is 10.6. The topological polar surface area (TPSA) is 71.9 Å². The van der Waals surface area contributed by atoms with E-state index in [0.717, 1.165) is 51.3 Å². The molecule has 8 nitrogen and oxygen atoms in total. The molecule has 0 aliphatic carbocycles. The second kappa shape index (κ2) is 21.4. The SMILES string of the molecule is COc1c[c-]c(-c2nccn2-c2c(C)cc(C)cc2C)cc1.COc1c[c-]c(-c2nccn2-c2c(C)cc(C)cc2C)cc1.Cc1cc(C)c(-n2ccnc2-c2[c-]cc(F)cc2)c(C)c1.[Ir+3]. The van der Waals surface area contributed by atoms with Crippen LogP contribution in [0.1, 0.15) is 50.1 Å². The van der Waals surface area contributed by atoms with Gasteiger partial charge in [0.2, 0.25) is 0 Å². The van der Waals surface area contributed by atoms with E-state index in [2.05, 4.69) is 141 Å². The number of rotatable bonds is 8. The molecule has 3 heterocycles. The Morgan fingerprint density at radius 3 is 0.955 bits per heavy atom. The number of ether oxygens (including phenoxy) is 2. The van der Waals surface area contributed by atoms with Gasteiger partial charge in [-0.15, -0.1) is 89.5 Å². The first-order valence-electron chi connectivity index (χ1n) is 21.4. The smallest absolute Gasteiger partial charge is 0.540 e. The number of hydrogen-bond acceptors (Lipinski definition) is 5. The number of methoxy groups -OCH3 is 2. The van der Waals surface area contributed by atoms with Crippen LogP contribution >= 0.6 is 0 Å². The minimum absolute atomic E-state index is 0. The van der Waals surface area contributed by atoms with Gasteiger partial charge < -0.3 is 23.2 Å². The number of aryl methyl sites for hydroxylation is 9. The summed E-state index contributed by atoms with van der Waals surface area (Å²) >= 11 is 0. The molecule has 0 amide bonds. The van der Waals surface area contributed by atoms with E-state index in [-0.39, 0.29) is 25.9 Å². The van der Waals surface area contributed by atoms with E-state index in [0.29, 0.717) is 0 Å². The zero-order chi connectivity index (χ0) is 46.4. The Balaban J connectivity index is 0.000000162. The molecule has 336 valence electrons. The standard InChI is InChI=1S/2C19H19N2O.C18H16FN2.Ir/c2*1-13-11-14(2)18(15(3)12-13)21-10-9-20-19(21)16-5-7-17(22-4)8-6-16;1-12-10-13(2)17(14(3)11-12)21-9-8-20-18(21)15-4-6-16(19)7-5-15;/h2*5,7-12H,1-4H3;4,6-11H,1-3H3;/q3*-1;+3. The van der Waals surface area contributed by atoms with E-state index >= 15 is 0 Å². The first kappa shape index (κ1) is 48.6. The first-order chi connectivity index (χ1) is 31.3. The van der Waals surface area contributed by atoms with Crippen molar-refractivity contribution in [1.82, 2.24) is 28.7 Å². The van der Waals surface area contributed by atoms with Crippen LogP contribution in [0.15, 0.2) is 128 Å². The molecule has 0 atom stereocenters. The largest absolute Gasteiger partial charge is 3.00 e. The van der Waals surface area contributed by atoms with Gasteiger partial charge in [0.25, 0.3) is 0 Å². The molecular formula is C56H54FIrN6O2. The van der Waals surface area contributed by atoms with Crippen molar-refractivity contribution in [2.45, 2.75) is 62.3 Å². The van der Waals surface area contributed by atoms with Crippen LogP contribution in [0.5, 0.6) is 11.5 Å². The molecular weight excluding hydrogens is 1000 g/mol. The van der Waals surface area contributed by atoms with Crippen molar-refractivity contribution in [1.29, 1.82) is 0 Å². The summed E-state index contributed by atoms with van der Waals surface area (Å²) < 4.78 is 29.7. The summed E-state index contributed by atoms with van der Waals surface area (Å²) in [5, 5.41) is 0. The van der Waals surface area contributed by atoms with E-state index < -0.39 is 0 Å². The maximum Gasteiger partial charge on any atom is 3.00 e. The average molecular weight is 1050 g/mol. The summed E-state index contributed by atoms with van der Waals surface area (Å²) in [6, 6.07) is 38.5. The molecule has 66 heavy (non-hydrogen) atoms. The third kappa shape index (κ3) is 10.8. The predicted octanol–water partition coefficient (Wildman–Crippen LogP) is 12.9. The fraction of sp³-hybridized carbons (Fsp3) is 0.196. The minimum Gasteiger partial charge on any atom is -0.540 e. The van der Waals surface area contributed by atoms with Gasteiger partial charge in [-0.1, -0.05) is 53.1 Å². The van der Waals surface area contributed by atoms with Crippen LogP contribution in [0.2, 0.25) is 0 Å². The van der Waals surface area contributed by atoms with Gasteiger partial charge in [0.05, 0.1) is 31.7 Å². The molecule has 0 aliphatic rings. The zero-order valence-electron chi connectivity index (χ0n) is 39.3. The van der Waals surface area contributed by atoms with E-state index in [1.807, 2.05) is 71.9 Å². The second-order valence-electron chi connectivity index (χ2n) is 16.3. The van der Waals surface area contributed by atoms with Crippen LogP contribution in [-0.2, 0) is 20.1 Å². The molecule has 0 N–H and O–H groups in total. The molecule has 0 fully saturated rings. The van der Waals surface area contributed by atoms with Gasteiger partial charge in [0.1, 0.15) is 0 Å². The Morgan fingerprint density at radius 2 is 0.712 bits per heavy atom. The summed E-state index contributed by atoms with van der Waals surface area (Å²) in [5.41, 5.74) is 17.3. The molecule has 0 radical (unpaired) electrons. The monoisotopic (exact) mass is 1050 g/mol. The van der Waals surface area contributed by atoms with Crippen LogP contribution in [-0.4, -0.2) is 42.9 Å². The Morgan fingerprint density at radius 1 is 0.424 bits per heavy atom. The maximum absolute atomic E-state index is 13.1. The molecule has 9 rings (SSSR count). The van der Waals surface area contributed by atoms with Crippen molar-refractivity contribution in [2.75, 3.05) is 14.2 Å². The summed E-state index contributed by atoms with van der Waals surface area (Å²) in [5.74, 6) is 3.84. The van der Waals surface area contributed by atoms with Crippen molar-refractivity contribution in [2.24, 2.45) is 0 Å². The van der Waals surface area contributed by atoms with Crippen LogP contribution in [0.3, 0.4) is 0 Å². The van der Waals surface area contributed by atoms with Crippen LogP contribution in [0.25, 0.3) is 51.2 Å². The van der Waals surface area contributed by atoms with Gasteiger partial charge in [0.15, 0.2) is 0 Å². The predicted molar refractivity (Wildman–Crippen MR) is 259 cm³/mol. The fourth-order valence-corrected chi connectivity index (χ4v) is 8.60. The van der Waals surface area contributed by atoms with E-state index in [4.69, 9.17) is 9.47 Å². The molecule has 0 unspecified atom stereocenters. The van der Waals surface area contributed by atoms with Crippen LogP contribution < -0.4 is 9.47 Å². The van der Waals surface area contributed by atoms with E-state index in [1.54, 1.807) is 26.5 Å². The van der Waals surface area contributed by atoms with Crippen LogP contribution in [0.4, 0.5) is 4.39 Å². The van der Waals surface area contributed by atoms with Crippen molar-refractivity contribution in [3.63, 3.8) is 0 Å². The Bertz CT molecular complexity index is 2850. The van der Waals surface area contributed by atoms with Gasteiger partial charge in [-0.2, -0.15) is 0 Å². The molecule has 0 aliphatic heterocycles. The molecule has 3 aromatic heterocycles. The summed E-state index contributed by atoms with van der Waals surface area (Å²) in [6.07, 6.45) is 11.3. The zero-order valence-corrected chi connectivity index (χ0v) is 41.7. The number of benzene rings is 6. The second-order valence-corrected chi connectivity index (χ2v) is 16.3. The molecule has 0 saturated carbocycles. The van der Waals surface area contributed by atoms with Crippen molar-refractivity contribution in [3.8, 4) is 62.7 Å². The number of hydrogen-bond donors (Lipinski definition) is 0. The van der Waals surface area contributed by atoms with Crippen LogP contribution in [0, 0.1) is 86.3 Å². The number of nitrogens with zero attached hydrogens (tertiary/aromatic N) is 6. The summed E-state index contributed by atoms with van der Waals surface area (Å²) in [4.78, 5) is 13.4. The maximum atomic E-state index is 13.1. The summed E-state index contributed by atoms with van der Waals surface area (Å²) in [6.45, 7) is 19.1. The summed E-state index contributed by atoms with van der Waals surface area (Å²) in [7, 11) is 3.31. The molecule has 9 aromatic rings. The Labute approximate surface area is 402 Å². The van der Waals surface area contributed by atoms with Gasteiger partial charge in [-0.3, -0.25) is 19.3 Å². The third-order valence-electron chi connectivity index (χ3n) is 11.1. The van der Waals surface area contributed by atoms with E-state index in [1.165, 1.54) is 73.6 Å². The van der Waals surface area contributed by atoms with Crippen molar-refractivity contribution >= 4 is 0 Å². The Kier molecular flexibility index (Phi) is 15.8. The average Bonchev–Trinajstić information content (AvgIpc) is 4.07. The number of imidazole rings is 3. The van der Waals surface area contributed by atoms with Gasteiger partial charge in [-0.25, -0.2) is 0 Å². The molecule has 10 heteroatoms. The number of aromatic nitrogens is 6. The van der Waals surface area contributed by atoms with E-state index in [9.17, 15) is 4.39 Å². The first-order valence-corrected chi connectivity index (χ1v) is 21.4.